The van der Waals surface area contributed by atoms with Crippen LogP contribution >= 0.6 is 11.6 Å². The van der Waals surface area contributed by atoms with Crippen molar-refractivity contribution in [2.24, 2.45) is 0 Å². The third-order valence-corrected chi connectivity index (χ3v) is 2.94. The van der Waals surface area contributed by atoms with Crippen LogP contribution in [0.15, 0.2) is 12.1 Å². The molecule has 0 atom stereocenters. The van der Waals surface area contributed by atoms with Gasteiger partial charge in [0.1, 0.15) is 11.0 Å². The number of nitrogens with zero attached hydrogens (tertiary/aromatic N) is 2. The highest BCUT2D eigenvalue weighted by atomic mass is 35.5. The van der Waals surface area contributed by atoms with Crippen molar-refractivity contribution in [3.63, 3.8) is 0 Å². The van der Waals surface area contributed by atoms with Crippen molar-refractivity contribution < 1.29 is 4.79 Å². The molecule has 1 aromatic heterocycles. The summed E-state index contributed by atoms with van der Waals surface area (Å²) in [5.41, 5.74) is 0.582. The molecular weight excluding hydrogens is 262 g/mol. The zero-order valence-electron chi connectivity index (χ0n) is 12.0. The van der Waals surface area contributed by atoms with Gasteiger partial charge in [-0.15, -0.1) is 0 Å². The second kappa shape index (κ2) is 7.34. The average Bonchev–Trinajstić information content (AvgIpc) is 2.34. The minimum absolute atomic E-state index is 0.000281. The van der Waals surface area contributed by atoms with Gasteiger partial charge in [0.2, 0.25) is 0 Å². The van der Waals surface area contributed by atoms with Crippen LogP contribution in [0.5, 0.6) is 0 Å². The molecule has 0 fully saturated rings. The van der Waals surface area contributed by atoms with Crippen LogP contribution in [-0.2, 0) is 0 Å². The molecule has 1 aromatic rings. The highest BCUT2D eigenvalue weighted by molar-refractivity contribution is 6.29. The Bertz CT molecular complexity index is 435. The fourth-order valence-corrected chi connectivity index (χ4v) is 2.10. The molecule has 0 saturated heterocycles. The summed E-state index contributed by atoms with van der Waals surface area (Å²) < 4.78 is 0. The summed E-state index contributed by atoms with van der Waals surface area (Å²) in [5, 5.41) is 3.41. The number of amides is 1. The van der Waals surface area contributed by atoms with Gasteiger partial charge in [0.15, 0.2) is 0 Å². The van der Waals surface area contributed by atoms with Crippen molar-refractivity contribution in [1.82, 2.24) is 9.88 Å². The fourth-order valence-electron chi connectivity index (χ4n) is 1.89. The maximum Gasteiger partial charge on any atom is 0.254 e. The van der Waals surface area contributed by atoms with Gasteiger partial charge in [0.05, 0.1) is 0 Å². The molecule has 1 heterocycles. The van der Waals surface area contributed by atoms with Crippen molar-refractivity contribution >= 4 is 23.3 Å². The number of pyridine rings is 1. The number of hydrogen-bond donors (Lipinski definition) is 1. The molecule has 0 aliphatic carbocycles. The van der Waals surface area contributed by atoms with Crippen LogP contribution in [0, 0.1) is 0 Å². The van der Waals surface area contributed by atoms with Crippen molar-refractivity contribution in [3.8, 4) is 0 Å². The SMILES string of the molecule is CCCN(C(=O)c1cc(Cl)nc(NCC)c1)C(C)C. The van der Waals surface area contributed by atoms with Crippen molar-refractivity contribution in [2.45, 2.75) is 40.2 Å². The van der Waals surface area contributed by atoms with Crippen LogP contribution < -0.4 is 5.32 Å². The highest BCUT2D eigenvalue weighted by Gasteiger charge is 2.19. The Balaban J connectivity index is 3.03. The molecule has 0 aliphatic rings. The molecule has 5 heteroatoms. The molecule has 1 N–H and O–H groups in total. The van der Waals surface area contributed by atoms with Gasteiger partial charge in [-0.25, -0.2) is 4.98 Å². The van der Waals surface area contributed by atoms with Crippen molar-refractivity contribution in [3.05, 3.63) is 22.8 Å². The molecule has 19 heavy (non-hydrogen) atoms. The lowest BCUT2D eigenvalue weighted by molar-refractivity contribution is 0.0706. The highest BCUT2D eigenvalue weighted by Crippen LogP contribution is 2.17. The van der Waals surface area contributed by atoms with Gasteiger partial charge in [-0.05, 0) is 39.3 Å². The smallest absolute Gasteiger partial charge is 0.254 e. The molecule has 4 nitrogen and oxygen atoms in total. The van der Waals surface area contributed by atoms with Gasteiger partial charge < -0.3 is 10.2 Å². The molecular formula is C14H22ClN3O. The van der Waals surface area contributed by atoms with Gasteiger partial charge in [-0.2, -0.15) is 0 Å². The second-order valence-electron chi connectivity index (χ2n) is 4.69. The predicted molar refractivity (Wildman–Crippen MR) is 79.9 cm³/mol. The molecule has 0 unspecified atom stereocenters. The maximum atomic E-state index is 12.5. The molecule has 0 aromatic carbocycles. The van der Waals surface area contributed by atoms with E-state index >= 15 is 0 Å². The lowest BCUT2D eigenvalue weighted by Gasteiger charge is -2.26. The lowest BCUT2D eigenvalue weighted by atomic mass is 10.2. The Morgan fingerprint density at radius 1 is 1.42 bits per heavy atom. The Labute approximate surface area is 120 Å². The largest absolute Gasteiger partial charge is 0.370 e. The molecule has 0 bridgehead atoms. The van der Waals surface area contributed by atoms with Crippen LogP contribution in [0.1, 0.15) is 44.5 Å². The number of carbonyl (C=O) groups is 1. The zero-order chi connectivity index (χ0) is 14.4. The average molecular weight is 284 g/mol. The monoisotopic (exact) mass is 283 g/mol. The maximum absolute atomic E-state index is 12.5. The predicted octanol–water partition coefficient (Wildman–Crippen LogP) is 3.43. The number of nitrogens with one attached hydrogen (secondary N) is 1. The molecule has 1 amide bonds. The first kappa shape index (κ1) is 15.8. The Hall–Kier alpha value is -1.29. The fraction of sp³-hybridized carbons (Fsp3) is 0.571. The second-order valence-corrected chi connectivity index (χ2v) is 5.07. The lowest BCUT2D eigenvalue weighted by Crippen LogP contribution is -2.37. The molecule has 0 saturated carbocycles. The number of carbonyl (C=O) groups excluding carboxylic acids is 1. The standard InChI is InChI=1S/C14H22ClN3O/c1-5-7-18(10(3)4)14(19)11-8-12(15)17-13(9-11)16-6-2/h8-10H,5-7H2,1-4H3,(H,16,17). The summed E-state index contributed by atoms with van der Waals surface area (Å²) in [6.07, 6.45) is 0.933. The summed E-state index contributed by atoms with van der Waals surface area (Å²) in [6.45, 7) is 9.55. The van der Waals surface area contributed by atoms with Gasteiger partial charge in [-0.3, -0.25) is 4.79 Å². The molecule has 0 aliphatic heterocycles. The Morgan fingerprint density at radius 2 is 2.11 bits per heavy atom. The van der Waals surface area contributed by atoms with E-state index in [1.165, 1.54) is 0 Å². The normalized spacial score (nSPS) is 10.6. The van der Waals surface area contributed by atoms with Gasteiger partial charge in [-0.1, -0.05) is 18.5 Å². The van der Waals surface area contributed by atoms with E-state index in [9.17, 15) is 4.79 Å². The van der Waals surface area contributed by atoms with E-state index in [4.69, 9.17) is 11.6 Å². The topological polar surface area (TPSA) is 45.2 Å². The molecule has 0 radical (unpaired) electrons. The summed E-state index contributed by atoms with van der Waals surface area (Å²) >= 11 is 5.97. The third-order valence-electron chi connectivity index (χ3n) is 2.75. The number of halogens is 1. The van der Waals surface area contributed by atoms with Gasteiger partial charge in [0.25, 0.3) is 5.91 Å². The van der Waals surface area contributed by atoms with E-state index in [1.54, 1.807) is 12.1 Å². The number of rotatable bonds is 6. The first-order valence-corrected chi connectivity index (χ1v) is 7.09. The van der Waals surface area contributed by atoms with Crippen LogP contribution in [0.4, 0.5) is 5.82 Å². The third kappa shape index (κ3) is 4.39. The Morgan fingerprint density at radius 3 is 2.63 bits per heavy atom. The quantitative estimate of drug-likeness (QED) is 0.814. The number of anilines is 1. The Kier molecular flexibility index (Phi) is 6.09. The number of hydrogen-bond acceptors (Lipinski definition) is 3. The summed E-state index contributed by atoms with van der Waals surface area (Å²) in [7, 11) is 0. The van der Waals surface area contributed by atoms with E-state index in [0.717, 1.165) is 19.5 Å². The minimum Gasteiger partial charge on any atom is -0.370 e. The van der Waals surface area contributed by atoms with E-state index in [2.05, 4.69) is 17.2 Å². The zero-order valence-corrected chi connectivity index (χ0v) is 12.8. The first-order valence-electron chi connectivity index (χ1n) is 6.72. The van der Waals surface area contributed by atoms with Crippen LogP contribution in [0.25, 0.3) is 0 Å². The van der Waals surface area contributed by atoms with Gasteiger partial charge in [0, 0.05) is 24.7 Å². The van der Waals surface area contributed by atoms with E-state index in [-0.39, 0.29) is 11.9 Å². The van der Waals surface area contributed by atoms with Crippen LogP contribution in [-0.4, -0.2) is 34.9 Å². The van der Waals surface area contributed by atoms with Crippen LogP contribution in [0.2, 0.25) is 5.15 Å². The van der Waals surface area contributed by atoms with Gasteiger partial charge >= 0.3 is 0 Å². The number of aromatic nitrogens is 1. The minimum atomic E-state index is 0.000281. The van der Waals surface area contributed by atoms with Crippen molar-refractivity contribution in [2.75, 3.05) is 18.4 Å². The summed E-state index contributed by atoms with van der Waals surface area (Å²) in [5.74, 6) is 0.638. The first-order chi connectivity index (χ1) is 8.99. The van der Waals surface area contributed by atoms with E-state index in [1.807, 2.05) is 25.7 Å². The summed E-state index contributed by atoms with van der Waals surface area (Å²) in [4.78, 5) is 18.5. The molecule has 0 spiro atoms. The van der Waals surface area contributed by atoms with E-state index in [0.29, 0.717) is 16.5 Å². The molecule has 106 valence electrons. The summed E-state index contributed by atoms with van der Waals surface area (Å²) in [6, 6.07) is 3.54. The van der Waals surface area contributed by atoms with E-state index < -0.39 is 0 Å². The molecule has 1 rings (SSSR count). The van der Waals surface area contributed by atoms with Crippen molar-refractivity contribution in [1.29, 1.82) is 0 Å². The van der Waals surface area contributed by atoms with Crippen LogP contribution in [0.3, 0.4) is 0 Å².